The van der Waals surface area contributed by atoms with Gasteiger partial charge in [-0.25, -0.2) is 4.39 Å². The highest BCUT2D eigenvalue weighted by Crippen LogP contribution is 2.29. The maximum atomic E-state index is 14.1. The number of ether oxygens (including phenoxy) is 1. The lowest BCUT2D eigenvalue weighted by atomic mass is 10.1. The molecule has 0 aliphatic heterocycles. The third-order valence-corrected chi connectivity index (χ3v) is 3.31. The van der Waals surface area contributed by atoms with Gasteiger partial charge < -0.3 is 9.64 Å². The maximum Gasteiger partial charge on any atom is 0.573 e. The number of rotatable bonds is 7. The van der Waals surface area contributed by atoms with Gasteiger partial charge in [0.15, 0.2) is 0 Å². The first-order valence-electron chi connectivity index (χ1n) is 7.43. The monoisotopic (exact) mass is 343 g/mol. The molecule has 0 N–H and O–H groups in total. The fraction of sp³-hybridized carbons (Fsp3) is 0.333. The van der Waals surface area contributed by atoms with Crippen molar-refractivity contribution in [3.05, 3.63) is 60.0 Å². The van der Waals surface area contributed by atoms with Crippen LogP contribution in [0.3, 0.4) is 0 Å². The van der Waals surface area contributed by atoms with Crippen molar-refractivity contribution in [2.75, 3.05) is 18.0 Å². The lowest BCUT2D eigenvalue weighted by molar-refractivity contribution is -0.274. The van der Waals surface area contributed by atoms with E-state index in [0.717, 1.165) is 29.3 Å². The normalized spacial score (nSPS) is 11.5. The summed E-state index contributed by atoms with van der Waals surface area (Å²) >= 11 is 0. The van der Waals surface area contributed by atoms with Crippen molar-refractivity contribution in [2.45, 2.75) is 27.1 Å². The Balaban J connectivity index is 3.15. The van der Waals surface area contributed by atoms with Gasteiger partial charge >= 0.3 is 6.36 Å². The average Bonchev–Trinajstić information content (AvgIpc) is 2.48. The van der Waals surface area contributed by atoms with Crippen LogP contribution in [0, 0.1) is 5.82 Å². The highest BCUT2D eigenvalue weighted by atomic mass is 19.4. The molecular formula is C18H21F4NO. The van der Waals surface area contributed by atoms with E-state index in [1.165, 1.54) is 0 Å². The van der Waals surface area contributed by atoms with Gasteiger partial charge in [0.05, 0.1) is 5.69 Å². The van der Waals surface area contributed by atoms with E-state index in [4.69, 9.17) is 0 Å². The number of anilines is 1. The summed E-state index contributed by atoms with van der Waals surface area (Å²) in [4.78, 5) is 1.65. The van der Waals surface area contributed by atoms with Gasteiger partial charge in [-0.15, -0.1) is 13.2 Å². The molecule has 2 nitrogen and oxygen atoms in total. The van der Waals surface area contributed by atoms with Crippen LogP contribution in [0.1, 0.15) is 20.8 Å². The number of halogens is 4. The Bertz CT molecular complexity index is 628. The van der Waals surface area contributed by atoms with Crippen LogP contribution < -0.4 is 9.64 Å². The number of allylic oxidation sites excluding steroid dienone is 3. The van der Waals surface area contributed by atoms with Crippen molar-refractivity contribution in [1.82, 2.24) is 0 Å². The molecule has 0 aliphatic rings. The highest BCUT2D eigenvalue weighted by molar-refractivity contribution is 5.54. The quantitative estimate of drug-likeness (QED) is 0.470. The zero-order valence-electron chi connectivity index (χ0n) is 14.0. The number of likely N-dealkylation sites (N-methyl/N-ethyl adjacent to an activating group) is 1. The van der Waals surface area contributed by atoms with Crippen molar-refractivity contribution in [3.63, 3.8) is 0 Å². The number of benzene rings is 1. The van der Waals surface area contributed by atoms with Crippen molar-refractivity contribution >= 4 is 5.69 Å². The predicted octanol–water partition coefficient (Wildman–Crippen LogP) is 5.63. The molecule has 132 valence electrons. The Morgan fingerprint density at radius 1 is 1.29 bits per heavy atom. The molecule has 0 atom stereocenters. The fourth-order valence-corrected chi connectivity index (χ4v) is 2.07. The third kappa shape index (κ3) is 6.10. The first-order chi connectivity index (χ1) is 11.2. The largest absolute Gasteiger partial charge is 0.573 e. The zero-order valence-corrected chi connectivity index (χ0v) is 14.0. The Morgan fingerprint density at radius 2 is 1.96 bits per heavy atom. The van der Waals surface area contributed by atoms with Gasteiger partial charge in [-0.2, -0.15) is 0 Å². The lowest BCUT2D eigenvalue weighted by Crippen LogP contribution is -2.26. The van der Waals surface area contributed by atoms with E-state index in [1.807, 2.05) is 19.9 Å². The Kier molecular flexibility index (Phi) is 7.07. The Hall–Kier alpha value is -2.24. The van der Waals surface area contributed by atoms with E-state index in [0.29, 0.717) is 13.1 Å². The maximum absolute atomic E-state index is 14.1. The Morgan fingerprint density at radius 3 is 2.46 bits per heavy atom. The first-order valence-corrected chi connectivity index (χ1v) is 7.43. The van der Waals surface area contributed by atoms with Crippen LogP contribution in [-0.4, -0.2) is 19.5 Å². The summed E-state index contributed by atoms with van der Waals surface area (Å²) < 4.78 is 55.1. The number of hydrogen-bond donors (Lipinski definition) is 0. The minimum Gasteiger partial charge on any atom is -0.406 e. The van der Waals surface area contributed by atoms with E-state index >= 15 is 0 Å². The molecule has 0 aliphatic carbocycles. The molecule has 1 aromatic rings. The number of nitrogens with zero attached hydrogens (tertiary/aromatic N) is 1. The molecule has 0 spiro atoms. The van der Waals surface area contributed by atoms with Crippen LogP contribution in [0.4, 0.5) is 23.2 Å². The summed E-state index contributed by atoms with van der Waals surface area (Å²) in [6.45, 7) is 10.0. The van der Waals surface area contributed by atoms with E-state index in [9.17, 15) is 17.6 Å². The zero-order chi connectivity index (χ0) is 18.3. The topological polar surface area (TPSA) is 12.5 Å². The standard InChI is InChI=1S/C18H21F4NO/c1-5-7-8-14(13(3)4)12-23(6-2)17-11-15(9-10-16(17)19)24-18(20,21)22/h5,7-11H,1,6,12H2,2-4H3/b8-7-. The van der Waals surface area contributed by atoms with Crippen molar-refractivity contribution in [2.24, 2.45) is 0 Å². The SMILES string of the molecule is C=C/C=C\C(CN(CC)c1cc(OC(F)(F)F)ccc1F)=C(C)C. The van der Waals surface area contributed by atoms with Crippen molar-refractivity contribution in [3.8, 4) is 5.75 Å². The lowest BCUT2D eigenvalue weighted by Gasteiger charge is -2.25. The van der Waals surface area contributed by atoms with E-state index < -0.39 is 17.9 Å². The molecule has 1 rings (SSSR count). The minimum atomic E-state index is -4.82. The second kappa shape index (κ2) is 8.57. The molecule has 0 heterocycles. The summed E-state index contributed by atoms with van der Waals surface area (Å²) in [5.74, 6) is -1.05. The molecule has 0 saturated carbocycles. The van der Waals surface area contributed by atoms with Crippen molar-refractivity contribution in [1.29, 1.82) is 0 Å². The van der Waals surface area contributed by atoms with E-state index in [2.05, 4.69) is 11.3 Å². The van der Waals surface area contributed by atoms with Gasteiger partial charge in [0.1, 0.15) is 11.6 Å². The molecule has 0 aromatic heterocycles. The van der Waals surface area contributed by atoms with Gasteiger partial charge in [0, 0.05) is 19.2 Å². The van der Waals surface area contributed by atoms with E-state index in [1.54, 1.807) is 24.0 Å². The van der Waals surface area contributed by atoms with Crippen LogP contribution in [0.25, 0.3) is 0 Å². The van der Waals surface area contributed by atoms with Crippen LogP contribution in [0.5, 0.6) is 5.75 Å². The summed E-state index contributed by atoms with van der Waals surface area (Å²) in [6, 6.07) is 2.99. The molecular weight excluding hydrogens is 322 g/mol. The van der Waals surface area contributed by atoms with Crippen molar-refractivity contribution < 1.29 is 22.3 Å². The minimum absolute atomic E-state index is 0.0602. The summed E-state index contributed by atoms with van der Waals surface area (Å²) in [5.41, 5.74) is 2.01. The number of alkyl halides is 3. The summed E-state index contributed by atoms with van der Waals surface area (Å²) in [5, 5.41) is 0. The van der Waals surface area contributed by atoms with E-state index in [-0.39, 0.29) is 5.69 Å². The molecule has 24 heavy (non-hydrogen) atoms. The van der Waals surface area contributed by atoms with Gasteiger partial charge in [0.2, 0.25) is 0 Å². The summed E-state index contributed by atoms with van der Waals surface area (Å²) in [7, 11) is 0. The smallest absolute Gasteiger partial charge is 0.406 e. The predicted molar refractivity (Wildman–Crippen MR) is 88.7 cm³/mol. The van der Waals surface area contributed by atoms with Crippen LogP contribution >= 0.6 is 0 Å². The molecule has 0 radical (unpaired) electrons. The second-order valence-corrected chi connectivity index (χ2v) is 5.30. The van der Waals surface area contributed by atoms with Crippen LogP contribution in [-0.2, 0) is 0 Å². The molecule has 1 aromatic carbocycles. The highest BCUT2D eigenvalue weighted by Gasteiger charge is 2.31. The van der Waals surface area contributed by atoms with Gasteiger partial charge in [-0.1, -0.05) is 30.4 Å². The Labute approximate surface area is 139 Å². The fourth-order valence-electron chi connectivity index (χ4n) is 2.07. The molecule has 0 saturated heterocycles. The summed E-state index contributed by atoms with van der Waals surface area (Å²) in [6.07, 6.45) is 0.413. The van der Waals surface area contributed by atoms with Crippen LogP contribution in [0.2, 0.25) is 0 Å². The second-order valence-electron chi connectivity index (χ2n) is 5.30. The molecule has 0 bridgehead atoms. The third-order valence-electron chi connectivity index (χ3n) is 3.31. The molecule has 0 fully saturated rings. The molecule has 6 heteroatoms. The molecule has 0 unspecified atom stereocenters. The number of hydrogen-bond acceptors (Lipinski definition) is 2. The average molecular weight is 343 g/mol. The van der Waals surface area contributed by atoms with Gasteiger partial charge in [0.25, 0.3) is 0 Å². The van der Waals surface area contributed by atoms with Gasteiger partial charge in [-0.3, -0.25) is 0 Å². The molecule has 0 amide bonds. The van der Waals surface area contributed by atoms with Gasteiger partial charge in [-0.05, 0) is 38.5 Å². The first kappa shape index (κ1) is 19.8. The van der Waals surface area contributed by atoms with Crippen LogP contribution in [0.15, 0.2) is 54.2 Å².